The predicted octanol–water partition coefficient (Wildman–Crippen LogP) is 3.95. The molecule has 2 fully saturated rings. The molecule has 2 aliphatic rings. The van der Waals surface area contributed by atoms with Crippen LogP contribution in [0.1, 0.15) is 77.6 Å². The van der Waals surface area contributed by atoms with E-state index in [0.29, 0.717) is 5.54 Å². The summed E-state index contributed by atoms with van der Waals surface area (Å²) in [5, 5.41) is 3.70. The lowest BCUT2D eigenvalue weighted by Gasteiger charge is -2.48. The number of hydrogen-bond acceptors (Lipinski definition) is 2. The Morgan fingerprint density at radius 2 is 1.68 bits per heavy atom. The monoisotopic (exact) mass is 266 g/mol. The van der Waals surface area contributed by atoms with Gasteiger partial charge in [-0.3, -0.25) is 4.90 Å². The second-order valence-electron chi connectivity index (χ2n) is 6.70. The summed E-state index contributed by atoms with van der Waals surface area (Å²) >= 11 is 0. The fraction of sp³-hybridized carbons (Fsp3) is 1.00. The van der Waals surface area contributed by atoms with Crippen LogP contribution in [0.15, 0.2) is 0 Å². The lowest BCUT2D eigenvalue weighted by atomic mass is 9.82. The first kappa shape index (κ1) is 15.3. The van der Waals surface area contributed by atoms with Crippen molar-refractivity contribution in [2.75, 3.05) is 20.1 Å². The first-order valence-electron chi connectivity index (χ1n) is 8.76. The van der Waals surface area contributed by atoms with Crippen molar-refractivity contribution in [3.8, 4) is 0 Å². The summed E-state index contributed by atoms with van der Waals surface area (Å²) in [6.45, 7) is 5.02. The third-order valence-corrected chi connectivity index (χ3v) is 5.55. The summed E-state index contributed by atoms with van der Waals surface area (Å²) in [6, 6.07) is 0.722. The third kappa shape index (κ3) is 3.52. The largest absolute Gasteiger partial charge is 0.315 e. The minimum atomic E-state index is 0.503. The fourth-order valence-corrected chi connectivity index (χ4v) is 4.49. The Labute approximate surface area is 120 Å². The normalized spacial score (nSPS) is 25.6. The summed E-state index contributed by atoms with van der Waals surface area (Å²) in [6.07, 6.45) is 15.6. The van der Waals surface area contributed by atoms with Crippen LogP contribution in [-0.2, 0) is 0 Å². The standard InChI is InChI=1S/C17H34N2/c1-3-4-6-11-16(18-2)17(12-7-8-13-17)19-14-9-5-10-15-19/h16,18H,3-15H2,1-2H3. The number of nitrogens with zero attached hydrogens (tertiary/aromatic N) is 1. The maximum absolute atomic E-state index is 3.70. The summed E-state index contributed by atoms with van der Waals surface area (Å²) in [5.41, 5.74) is 0.503. The molecule has 1 unspecified atom stereocenters. The van der Waals surface area contributed by atoms with Crippen LogP contribution in [0.5, 0.6) is 0 Å². The molecule has 2 nitrogen and oxygen atoms in total. The van der Waals surface area contributed by atoms with E-state index in [0.717, 1.165) is 6.04 Å². The Morgan fingerprint density at radius 1 is 1.00 bits per heavy atom. The lowest BCUT2D eigenvalue weighted by Crippen LogP contribution is -2.60. The van der Waals surface area contributed by atoms with Gasteiger partial charge in [-0.2, -0.15) is 0 Å². The van der Waals surface area contributed by atoms with E-state index in [1.807, 2.05) is 0 Å². The fourth-order valence-electron chi connectivity index (χ4n) is 4.49. The number of nitrogens with one attached hydrogen (secondary N) is 1. The molecule has 1 saturated heterocycles. The highest BCUT2D eigenvalue weighted by atomic mass is 15.2. The van der Waals surface area contributed by atoms with Gasteiger partial charge in [-0.05, 0) is 52.2 Å². The second-order valence-corrected chi connectivity index (χ2v) is 6.70. The number of rotatable bonds is 7. The van der Waals surface area contributed by atoms with Crippen LogP contribution >= 0.6 is 0 Å². The van der Waals surface area contributed by atoms with E-state index in [1.54, 1.807) is 0 Å². The van der Waals surface area contributed by atoms with E-state index < -0.39 is 0 Å². The molecule has 0 aromatic rings. The van der Waals surface area contributed by atoms with Crippen LogP contribution in [-0.4, -0.2) is 36.6 Å². The molecule has 112 valence electrons. The van der Waals surface area contributed by atoms with Crippen molar-refractivity contribution in [1.29, 1.82) is 0 Å². The van der Waals surface area contributed by atoms with Gasteiger partial charge in [-0.1, -0.05) is 45.4 Å². The molecule has 0 aromatic heterocycles. The highest BCUT2D eigenvalue weighted by Crippen LogP contribution is 2.41. The molecule has 0 bridgehead atoms. The van der Waals surface area contributed by atoms with Gasteiger partial charge >= 0.3 is 0 Å². The van der Waals surface area contributed by atoms with Crippen LogP contribution < -0.4 is 5.32 Å². The predicted molar refractivity (Wildman–Crippen MR) is 83.6 cm³/mol. The van der Waals surface area contributed by atoms with Crippen molar-refractivity contribution >= 4 is 0 Å². The lowest BCUT2D eigenvalue weighted by molar-refractivity contribution is 0.0355. The molecule has 1 aliphatic carbocycles. The quantitative estimate of drug-likeness (QED) is 0.702. The third-order valence-electron chi connectivity index (χ3n) is 5.55. The molecule has 1 heterocycles. The average Bonchev–Trinajstić information content (AvgIpc) is 2.95. The maximum Gasteiger partial charge on any atom is 0.0362 e. The topological polar surface area (TPSA) is 15.3 Å². The average molecular weight is 266 g/mol. The zero-order valence-corrected chi connectivity index (χ0v) is 13.2. The van der Waals surface area contributed by atoms with Gasteiger partial charge in [0.25, 0.3) is 0 Å². The van der Waals surface area contributed by atoms with E-state index in [-0.39, 0.29) is 0 Å². The van der Waals surface area contributed by atoms with Crippen molar-refractivity contribution in [2.45, 2.75) is 89.1 Å². The molecule has 0 spiro atoms. The van der Waals surface area contributed by atoms with Gasteiger partial charge in [0, 0.05) is 11.6 Å². The Bertz CT molecular complexity index is 240. The minimum absolute atomic E-state index is 0.503. The van der Waals surface area contributed by atoms with Gasteiger partial charge in [0.05, 0.1) is 0 Å². The van der Waals surface area contributed by atoms with Crippen molar-refractivity contribution in [1.82, 2.24) is 10.2 Å². The molecular weight excluding hydrogens is 232 g/mol. The molecular formula is C17H34N2. The van der Waals surface area contributed by atoms with E-state index >= 15 is 0 Å². The van der Waals surface area contributed by atoms with E-state index in [4.69, 9.17) is 0 Å². The molecule has 1 atom stereocenters. The van der Waals surface area contributed by atoms with Crippen molar-refractivity contribution < 1.29 is 0 Å². The van der Waals surface area contributed by atoms with E-state index in [2.05, 4.69) is 24.2 Å². The molecule has 2 heteroatoms. The van der Waals surface area contributed by atoms with Gasteiger partial charge in [0.1, 0.15) is 0 Å². The Morgan fingerprint density at radius 3 is 2.26 bits per heavy atom. The van der Waals surface area contributed by atoms with Crippen LogP contribution in [0.3, 0.4) is 0 Å². The molecule has 1 aliphatic heterocycles. The van der Waals surface area contributed by atoms with Crippen molar-refractivity contribution in [3.05, 3.63) is 0 Å². The summed E-state index contributed by atoms with van der Waals surface area (Å²) in [5.74, 6) is 0. The summed E-state index contributed by atoms with van der Waals surface area (Å²) in [7, 11) is 2.20. The molecule has 1 saturated carbocycles. The van der Waals surface area contributed by atoms with Crippen LogP contribution in [0.25, 0.3) is 0 Å². The number of likely N-dealkylation sites (tertiary alicyclic amines) is 1. The summed E-state index contributed by atoms with van der Waals surface area (Å²) < 4.78 is 0. The van der Waals surface area contributed by atoms with Crippen LogP contribution in [0.4, 0.5) is 0 Å². The first-order valence-corrected chi connectivity index (χ1v) is 8.76. The van der Waals surface area contributed by atoms with Gasteiger partial charge in [-0.25, -0.2) is 0 Å². The maximum atomic E-state index is 3.70. The molecule has 19 heavy (non-hydrogen) atoms. The SMILES string of the molecule is CCCCCC(NC)C1(N2CCCCC2)CCCC1. The van der Waals surface area contributed by atoms with Crippen molar-refractivity contribution in [2.24, 2.45) is 0 Å². The number of hydrogen-bond donors (Lipinski definition) is 1. The van der Waals surface area contributed by atoms with E-state index in [1.165, 1.54) is 83.7 Å². The Balaban J connectivity index is 2.02. The molecule has 0 amide bonds. The van der Waals surface area contributed by atoms with Gasteiger partial charge in [0.15, 0.2) is 0 Å². The van der Waals surface area contributed by atoms with Crippen LogP contribution in [0, 0.1) is 0 Å². The van der Waals surface area contributed by atoms with Crippen LogP contribution in [0.2, 0.25) is 0 Å². The second kappa shape index (κ2) is 7.64. The Kier molecular flexibility index (Phi) is 6.15. The number of unbranched alkanes of at least 4 members (excludes halogenated alkanes) is 2. The highest BCUT2D eigenvalue weighted by Gasteiger charge is 2.44. The van der Waals surface area contributed by atoms with Crippen molar-refractivity contribution in [3.63, 3.8) is 0 Å². The highest BCUT2D eigenvalue weighted by molar-refractivity contribution is 5.03. The molecule has 1 N–H and O–H groups in total. The van der Waals surface area contributed by atoms with E-state index in [9.17, 15) is 0 Å². The zero-order chi connectivity index (χ0) is 13.6. The smallest absolute Gasteiger partial charge is 0.0362 e. The molecule has 2 rings (SSSR count). The molecule has 0 aromatic carbocycles. The van der Waals surface area contributed by atoms with Gasteiger partial charge in [-0.15, -0.1) is 0 Å². The number of piperidine rings is 1. The summed E-state index contributed by atoms with van der Waals surface area (Å²) in [4.78, 5) is 2.87. The van der Waals surface area contributed by atoms with Gasteiger partial charge in [0.2, 0.25) is 0 Å². The zero-order valence-electron chi connectivity index (χ0n) is 13.2. The van der Waals surface area contributed by atoms with Gasteiger partial charge < -0.3 is 5.32 Å². The molecule has 0 radical (unpaired) electrons. The first-order chi connectivity index (χ1) is 9.33. The Hall–Kier alpha value is -0.0800. The number of likely N-dealkylation sites (N-methyl/N-ethyl adjacent to an activating group) is 1. The minimum Gasteiger partial charge on any atom is -0.315 e.